The van der Waals surface area contributed by atoms with Crippen LogP contribution in [0.3, 0.4) is 0 Å². The Balaban J connectivity index is 0.0000330. The van der Waals surface area contributed by atoms with Gasteiger partial charge in [-0.2, -0.15) is 0 Å². The van der Waals surface area contributed by atoms with E-state index >= 15 is 0 Å². The first-order valence-electron chi connectivity index (χ1n) is 50.6. The van der Waals surface area contributed by atoms with Crippen LogP contribution >= 0.6 is 23.4 Å². The second kappa shape index (κ2) is 68.4. The van der Waals surface area contributed by atoms with Crippen molar-refractivity contribution in [2.75, 3.05) is 124 Å². The monoisotopic (exact) mass is 2370 g/mol. The smallest absolute Gasteiger partial charge is 0.394 e. The molecule has 24 atom stereocenters. The van der Waals surface area contributed by atoms with Crippen molar-refractivity contribution < 1.29 is 221 Å². The number of carbonyl (C=O) groups excluding carboxylic acids is 11. The molecule has 0 spiro atoms. The van der Waals surface area contributed by atoms with Crippen LogP contribution in [0.1, 0.15) is 239 Å². The number of Topliss-reactive ketones (excluding diaryl/α,β-unsaturated/α-hetero) is 4. The first kappa shape index (κ1) is 127. The van der Waals surface area contributed by atoms with Gasteiger partial charge < -0.3 is 155 Å². The van der Waals surface area contributed by atoms with Crippen LogP contribution in [0.15, 0.2) is 12.7 Å². The summed E-state index contributed by atoms with van der Waals surface area (Å²) in [6, 6.07) is -3.11. The number of ether oxygens (including phenoxy) is 10. The molecule has 0 aliphatic carbocycles. The Morgan fingerprint density at radius 3 is 1.47 bits per heavy atom. The van der Waals surface area contributed by atoms with E-state index in [2.05, 4.69) is 41.5 Å². The third kappa shape index (κ3) is 45.9. The largest absolute Gasteiger partial charge is 0.472 e. The molecule has 7 heterocycles. The molecule has 146 heavy (non-hydrogen) atoms. The number of unbranched alkanes of at least 4 members (excludes halogenated alkanes) is 12. The van der Waals surface area contributed by atoms with E-state index in [9.17, 15) is 127 Å². The molecule has 5 fully saturated rings. The number of rotatable bonds is 77. The SMILES string of the molecule is [2H]N[PH](=O)CC(=O)P(=O)(O)OC[C@H]1O[C@@H](n2cnc3c(N)ncnc32)CC1OP(=O)(O)OC[C@@H]1C[C@@H](O)CN1C(=O)CCCCCCCCC(=O)NC(COCCC(=O)CCCCCC(=O)CCCCO[C@@H]1OC(CO)[C@H](O)[C@H](O)C1NC(C)=O)(COCCC(=O)CCCCNC(=O)CCCCO[C@@H]1OC(CO)[C@H](O)[C@H](O)C1C)COCCC(=O)NCCCCC(=O)CCCCO[C@@H]1OC(CO)[C@H](O)[C@H](O)C1NC(C)=O.[U]. The summed E-state index contributed by atoms with van der Waals surface area (Å²) in [5.74, 6) is -3.30. The number of ketones is 4. The molecule has 0 saturated carbocycles. The Kier molecular flexibility index (Phi) is 59.5. The Bertz CT molecular complexity index is 4380. The number of imidazole rings is 1. The van der Waals surface area contributed by atoms with Gasteiger partial charge in [0.1, 0.15) is 129 Å². The van der Waals surface area contributed by atoms with Gasteiger partial charge in [0.2, 0.25) is 35.4 Å². The van der Waals surface area contributed by atoms with Gasteiger partial charge in [-0.25, -0.2) is 19.5 Å². The van der Waals surface area contributed by atoms with Gasteiger partial charge in [-0.1, -0.05) is 39.0 Å². The average molecular weight is 2370 g/mol. The van der Waals surface area contributed by atoms with Gasteiger partial charge in [-0.3, -0.25) is 76.4 Å². The number of β-amino-alcohol motifs (C(OH)–C–C–N with tert-alkyl or cyclic N) is 1. The molecular weight excluding hydrogens is 2220 g/mol. The van der Waals surface area contributed by atoms with E-state index in [1.165, 1.54) is 29.6 Å². The molecule has 55 heteroatoms. The van der Waals surface area contributed by atoms with E-state index in [1.54, 1.807) is 12.4 Å². The Labute approximate surface area is 874 Å². The van der Waals surface area contributed by atoms with E-state index in [1.807, 2.05) is 0 Å². The van der Waals surface area contributed by atoms with Gasteiger partial charge >= 0.3 is 15.4 Å². The van der Waals surface area contributed by atoms with E-state index in [0.717, 1.165) is 6.33 Å². The summed E-state index contributed by atoms with van der Waals surface area (Å²) in [6.45, 7) is 0.472. The minimum atomic E-state index is -5.18. The molecule has 0 aromatic carbocycles. The van der Waals surface area contributed by atoms with E-state index in [0.29, 0.717) is 129 Å². The first-order valence-corrected chi connectivity index (χ1v) is 54.7. The summed E-state index contributed by atoms with van der Waals surface area (Å²) in [5.41, 5.74) is 4.97. The molecule has 832 valence electrons. The van der Waals surface area contributed by atoms with Crippen LogP contribution in [-0.4, -0.2) is 383 Å². The van der Waals surface area contributed by atoms with Crippen LogP contribution in [0.2, 0.25) is 1.41 Å². The molecule has 5 aliphatic rings. The number of aromatic nitrogens is 4. The van der Waals surface area contributed by atoms with Crippen molar-refractivity contribution in [1.82, 2.24) is 51.0 Å². The number of aliphatic hydroxyl groups excluding tert-OH is 10. The maximum Gasteiger partial charge on any atom is 0.472 e. The number of hydrogen-bond donors (Lipinski definition) is 19. The van der Waals surface area contributed by atoms with Crippen molar-refractivity contribution in [1.29, 1.82) is 0 Å². The van der Waals surface area contributed by atoms with Crippen molar-refractivity contribution >= 4 is 104 Å². The van der Waals surface area contributed by atoms with Gasteiger partial charge in [0.15, 0.2) is 30.3 Å². The number of anilines is 1. The summed E-state index contributed by atoms with van der Waals surface area (Å²) < 4.78 is 122. The Morgan fingerprint density at radius 1 is 0.514 bits per heavy atom. The average Bonchev–Trinajstić information content (AvgIpc) is 1.68. The number of hydrogen-bond acceptors (Lipinski definition) is 41. The minimum absolute atomic E-state index is 0. The fourth-order valence-corrected chi connectivity index (χ4v) is 20.1. The number of nitrogen functional groups attached to an aromatic ring is 1. The number of fused-ring (bicyclic) bond motifs is 1. The zero-order chi connectivity index (χ0) is 107. The maximum absolute atomic E-state index is 14.3. The number of nitrogens with zero attached hydrogens (tertiary/aromatic N) is 5. The summed E-state index contributed by atoms with van der Waals surface area (Å²) in [4.78, 5) is 178. The predicted octanol–water partition coefficient (Wildman–Crippen LogP) is -0.159. The molecule has 11 unspecified atom stereocenters. The van der Waals surface area contributed by atoms with Gasteiger partial charge in [0.25, 0.3) is 5.52 Å². The van der Waals surface area contributed by atoms with Crippen molar-refractivity contribution in [3.63, 3.8) is 0 Å². The number of aliphatic hydroxyl groups is 10. The Hall–Kier alpha value is -5.78. The second-order valence-electron chi connectivity index (χ2n) is 37.4. The third-order valence-corrected chi connectivity index (χ3v) is 28.5. The van der Waals surface area contributed by atoms with Crippen LogP contribution in [0, 0.1) is 37.0 Å². The van der Waals surface area contributed by atoms with Gasteiger partial charge in [0.05, 0.1) is 103 Å². The number of likely N-dealkylation sites (tertiary alicyclic amines) is 1. The van der Waals surface area contributed by atoms with Crippen LogP contribution in [-0.2, 0) is 127 Å². The number of carbonyl (C=O) groups is 11. The second-order valence-corrected chi connectivity index (χ2v) is 41.8. The molecule has 0 bridgehead atoms. The van der Waals surface area contributed by atoms with E-state index in [4.69, 9.17) is 68.1 Å². The summed E-state index contributed by atoms with van der Waals surface area (Å²) >= 11 is 0. The fraction of sp³-hybridized carbons (Fsp3) is 0.824. The predicted molar refractivity (Wildman–Crippen MR) is 512 cm³/mol. The molecular formula is C91H155N12O39P3U. The molecule has 2 aromatic rings. The molecule has 2 aromatic heterocycles. The number of nitrogens with two attached hydrogens (primary N) is 2. The molecule has 6 amide bonds. The number of nitrogens with one attached hydrogen (secondary N) is 5. The molecule has 5 saturated heterocycles. The zero-order valence-corrected chi connectivity index (χ0v) is 90.3. The van der Waals surface area contributed by atoms with Gasteiger partial charge in [0, 0.05) is 174 Å². The van der Waals surface area contributed by atoms with Crippen LogP contribution < -0.4 is 37.8 Å². The quantitative estimate of drug-likeness (QED) is 0.0302. The minimum Gasteiger partial charge on any atom is -0.394 e. The first-order chi connectivity index (χ1) is 69.7. The molecule has 7 rings (SSSR count). The molecule has 5 aliphatic heterocycles. The third-order valence-electron chi connectivity index (χ3n) is 25.3. The topological polar surface area (TPSA) is 761 Å². The maximum atomic E-state index is 14.3. The van der Waals surface area contributed by atoms with Crippen LogP contribution in [0.4, 0.5) is 5.82 Å². The molecule has 0 radical (unpaired) electrons. The Morgan fingerprint density at radius 2 is 0.952 bits per heavy atom. The summed E-state index contributed by atoms with van der Waals surface area (Å²) in [5, 5.41) is 116. The molecule has 21 N–H and O–H groups in total. The van der Waals surface area contributed by atoms with Crippen molar-refractivity contribution in [3.05, 3.63) is 12.7 Å². The number of amides is 6. The summed E-state index contributed by atoms with van der Waals surface area (Å²) in [6.07, 6.45) is -8.24. The van der Waals surface area contributed by atoms with Crippen molar-refractivity contribution in [2.45, 2.75) is 355 Å². The zero-order valence-electron chi connectivity index (χ0n) is 84.4. The molecule has 51 nitrogen and oxygen atoms in total. The number of phosphoric ester groups is 1. The van der Waals surface area contributed by atoms with Crippen LogP contribution in [0.5, 0.6) is 0 Å². The normalized spacial score (nSPS) is 26.2. The van der Waals surface area contributed by atoms with E-state index < -0.39 is 214 Å². The summed E-state index contributed by atoms with van der Waals surface area (Å²) in [7, 11) is -13.4. The fourth-order valence-electron chi connectivity index (χ4n) is 17.1. The van der Waals surface area contributed by atoms with Crippen molar-refractivity contribution in [2.24, 2.45) is 11.4 Å². The van der Waals surface area contributed by atoms with Crippen LogP contribution in [0.25, 0.3) is 11.2 Å². The number of phosphoric acid groups is 1. The van der Waals surface area contributed by atoms with Gasteiger partial charge in [-0.15, -0.1) is 0 Å². The standard InChI is InChI=1S/C91H155N12O39P3.U/c1-57-80(119)81(120)67(46-104)139-88(57)133-37-22-17-29-71(114)94-35-19-14-26-64(112)33-41-131-53-91(52-130-40-32-63(111)24-10-8-9-23-61(109)27-15-20-38-134-89-77(99-58(2)107)84(123)82(121)68(47-105)140-89,54-132-42-34-72(115)95-36-18-13-25-62(110)28-16-21-39-135-90-78(100-59(3)108)85(124)83(122)69(48-106)141-90)101-73(116)30-11-6-4-5-7-12-31-74(117)102-45-65(113)43-60(102)49-137-145(128,129)142-66-44-75(103-56-98-79-86(92)96-55-97-87(79)103)138-70(66)50-136-144(126,127)76(118)51-143(93)125;/h55-57,60,65-70,75,77-78,80-85,88-90,104-106,113,119-124,143H,4-54H2,1-3H3,(H2,93,125)(H,94,114)(H,95,115)(H,99,107)(H,100,108)(H,101,116)(H,126,127)(H,128,129)(H2,92,96,97);/t57?,60-,65+,66?,67?,68?,69?,70+,75+,77?,78?,80+,81-,82-,83-,84+,85+,88+,89+,90+,91?;/m0./s1/i/hD. The van der Waals surface area contributed by atoms with E-state index in [-0.39, 0.29) is 251 Å². The van der Waals surface area contributed by atoms with Gasteiger partial charge in [-0.05, 0) is 96.3 Å². The van der Waals surface area contributed by atoms with Crippen molar-refractivity contribution in [3.8, 4) is 0 Å².